The van der Waals surface area contributed by atoms with E-state index in [0.717, 1.165) is 0 Å². The van der Waals surface area contributed by atoms with Gasteiger partial charge in [0.05, 0.1) is 29.6 Å². The second-order valence-corrected chi connectivity index (χ2v) is 7.21. The molecule has 1 atom stereocenters. The van der Waals surface area contributed by atoms with Crippen LogP contribution in [0.25, 0.3) is 22.5 Å². The number of aromatic amines is 1. The Labute approximate surface area is 183 Å². The van der Waals surface area contributed by atoms with Crippen molar-refractivity contribution in [3.05, 3.63) is 95.8 Å². The van der Waals surface area contributed by atoms with Crippen LogP contribution in [0.15, 0.2) is 72.9 Å². The first-order chi connectivity index (χ1) is 15.5. The van der Waals surface area contributed by atoms with Crippen LogP contribution in [0.2, 0.25) is 0 Å². The molecule has 2 heterocycles. The fourth-order valence-corrected chi connectivity index (χ4v) is 3.40. The average molecular weight is 434 g/mol. The Bertz CT molecular complexity index is 1210. The number of aliphatic hydroxyl groups excluding tert-OH is 1. The van der Waals surface area contributed by atoms with E-state index in [1.54, 1.807) is 36.5 Å². The van der Waals surface area contributed by atoms with E-state index in [2.05, 4.69) is 20.5 Å². The molecule has 32 heavy (non-hydrogen) atoms. The zero-order chi connectivity index (χ0) is 22.5. The summed E-state index contributed by atoms with van der Waals surface area (Å²) in [5.41, 5.74) is 2.30. The van der Waals surface area contributed by atoms with Crippen molar-refractivity contribution in [2.24, 2.45) is 0 Å². The number of halogens is 2. The minimum absolute atomic E-state index is 0.0559. The van der Waals surface area contributed by atoms with E-state index in [-0.39, 0.29) is 23.6 Å². The first-order valence-corrected chi connectivity index (χ1v) is 9.97. The summed E-state index contributed by atoms with van der Waals surface area (Å²) in [4.78, 5) is 17.2. The van der Waals surface area contributed by atoms with Gasteiger partial charge in [0.1, 0.15) is 11.6 Å². The quantitative estimate of drug-likeness (QED) is 0.413. The summed E-state index contributed by atoms with van der Waals surface area (Å²) < 4.78 is 28.0. The molecule has 0 spiro atoms. The number of rotatable bonds is 7. The molecule has 4 rings (SSSR count). The number of hydrogen-bond donors (Lipinski definition) is 3. The standard InChI is InChI=1S/C24H20F2N4O2/c25-16-9-7-15(8-10-16)21-13-22(30-29-21)23-19(5-3-6-20(23)26)24(32)28-18(14-31)12-17-4-1-2-11-27-17/h1-11,13,18,31H,12,14H2,(H,28,32)(H,29,30)/t18-/m1/s1. The molecule has 8 heteroatoms. The van der Waals surface area contributed by atoms with Crippen molar-refractivity contribution in [1.82, 2.24) is 20.5 Å². The van der Waals surface area contributed by atoms with Crippen molar-refractivity contribution in [2.75, 3.05) is 6.61 Å². The second kappa shape index (κ2) is 9.49. The lowest BCUT2D eigenvalue weighted by molar-refractivity contribution is 0.0916. The molecule has 0 unspecified atom stereocenters. The van der Waals surface area contributed by atoms with Gasteiger partial charge in [-0.15, -0.1) is 0 Å². The number of pyridine rings is 1. The van der Waals surface area contributed by atoms with Crippen LogP contribution in [0.3, 0.4) is 0 Å². The van der Waals surface area contributed by atoms with E-state index in [4.69, 9.17) is 0 Å². The number of aliphatic hydroxyl groups is 1. The molecule has 3 N–H and O–H groups in total. The summed E-state index contributed by atoms with van der Waals surface area (Å²) in [5.74, 6) is -1.51. The summed E-state index contributed by atoms with van der Waals surface area (Å²) in [7, 11) is 0. The number of nitrogens with one attached hydrogen (secondary N) is 2. The number of aromatic nitrogens is 3. The molecule has 0 saturated carbocycles. The summed E-state index contributed by atoms with van der Waals surface area (Å²) in [6, 6.07) is 16.3. The second-order valence-electron chi connectivity index (χ2n) is 7.21. The van der Waals surface area contributed by atoms with Crippen LogP contribution in [0.1, 0.15) is 16.1 Å². The molecular formula is C24H20F2N4O2. The zero-order valence-electron chi connectivity index (χ0n) is 16.9. The van der Waals surface area contributed by atoms with Gasteiger partial charge in [0.25, 0.3) is 5.91 Å². The lowest BCUT2D eigenvalue weighted by Gasteiger charge is -2.17. The van der Waals surface area contributed by atoms with E-state index in [1.807, 2.05) is 6.07 Å². The SMILES string of the molecule is O=C(N[C@@H](CO)Cc1ccccn1)c1cccc(F)c1-c1cc(-c2ccc(F)cc2)n[nH]1. The monoisotopic (exact) mass is 434 g/mol. The number of nitrogens with zero attached hydrogens (tertiary/aromatic N) is 2. The molecule has 0 bridgehead atoms. The van der Waals surface area contributed by atoms with Gasteiger partial charge >= 0.3 is 0 Å². The Hall–Kier alpha value is -3.91. The third-order valence-electron chi connectivity index (χ3n) is 4.98. The molecule has 6 nitrogen and oxygen atoms in total. The number of benzene rings is 2. The Morgan fingerprint density at radius 2 is 1.88 bits per heavy atom. The summed E-state index contributed by atoms with van der Waals surface area (Å²) >= 11 is 0. The Morgan fingerprint density at radius 1 is 1.06 bits per heavy atom. The lowest BCUT2D eigenvalue weighted by atomic mass is 10.0. The van der Waals surface area contributed by atoms with Gasteiger partial charge in [-0.05, 0) is 54.6 Å². The third-order valence-corrected chi connectivity index (χ3v) is 4.98. The minimum atomic E-state index is -0.600. The molecule has 0 saturated heterocycles. The van der Waals surface area contributed by atoms with Crippen molar-refractivity contribution >= 4 is 5.91 Å². The molecule has 0 aliphatic carbocycles. The predicted molar refractivity (Wildman–Crippen MR) is 116 cm³/mol. The average Bonchev–Trinajstić information content (AvgIpc) is 3.29. The summed E-state index contributed by atoms with van der Waals surface area (Å²) in [6.45, 7) is -0.300. The fraction of sp³-hybridized carbons (Fsp3) is 0.125. The van der Waals surface area contributed by atoms with E-state index in [0.29, 0.717) is 29.1 Å². The van der Waals surface area contributed by atoms with E-state index in [1.165, 1.54) is 30.3 Å². The van der Waals surface area contributed by atoms with Crippen LogP contribution >= 0.6 is 0 Å². The first kappa shape index (κ1) is 21.3. The number of carbonyl (C=O) groups is 1. The smallest absolute Gasteiger partial charge is 0.252 e. The Morgan fingerprint density at radius 3 is 2.59 bits per heavy atom. The van der Waals surface area contributed by atoms with Crippen molar-refractivity contribution in [3.63, 3.8) is 0 Å². The van der Waals surface area contributed by atoms with Gasteiger partial charge in [0.2, 0.25) is 0 Å². The van der Waals surface area contributed by atoms with Gasteiger partial charge in [-0.25, -0.2) is 8.78 Å². The number of carbonyl (C=O) groups excluding carboxylic acids is 1. The molecule has 0 aliphatic rings. The molecule has 1 amide bonds. The predicted octanol–water partition coefficient (Wildman–Crippen LogP) is 3.75. The molecular weight excluding hydrogens is 414 g/mol. The van der Waals surface area contributed by atoms with Crippen molar-refractivity contribution in [1.29, 1.82) is 0 Å². The maximum atomic E-state index is 14.8. The Kier molecular flexibility index (Phi) is 6.32. The summed E-state index contributed by atoms with van der Waals surface area (Å²) in [5, 5.41) is 19.4. The fourth-order valence-electron chi connectivity index (χ4n) is 3.40. The molecule has 162 valence electrons. The summed E-state index contributed by atoms with van der Waals surface area (Å²) in [6.07, 6.45) is 1.96. The molecule has 2 aromatic heterocycles. The van der Waals surface area contributed by atoms with Crippen LogP contribution in [-0.2, 0) is 6.42 Å². The topological polar surface area (TPSA) is 90.9 Å². The van der Waals surface area contributed by atoms with Crippen LogP contribution in [0.4, 0.5) is 8.78 Å². The van der Waals surface area contributed by atoms with E-state index < -0.39 is 17.8 Å². The van der Waals surface area contributed by atoms with E-state index >= 15 is 0 Å². The molecule has 0 fully saturated rings. The van der Waals surface area contributed by atoms with E-state index in [9.17, 15) is 18.7 Å². The molecule has 0 radical (unpaired) electrons. The maximum Gasteiger partial charge on any atom is 0.252 e. The Balaban J connectivity index is 1.60. The highest BCUT2D eigenvalue weighted by Gasteiger charge is 2.21. The number of amides is 1. The van der Waals surface area contributed by atoms with Crippen LogP contribution < -0.4 is 5.32 Å². The van der Waals surface area contributed by atoms with Gasteiger partial charge in [-0.2, -0.15) is 5.10 Å². The number of H-pyrrole nitrogens is 1. The number of hydrogen-bond acceptors (Lipinski definition) is 4. The van der Waals surface area contributed by atoms with Gasteiger partial charge in [0, 0.05) is 29.4 Å². The zero-order valence-corrected chi connectivity index (χ0v) is 16.9. The van der Waals surface area contributed by atoms with Crippen LogP contribution in [0, 0.1) is 11.6 Å². The first-order valence-electron chi connectivity index (χ1n) is 9.97. The molecule has 2 aromatic carbocycles. The van der Waals surface area contributed by atoms with Gasteiger partial charge in [-0.3, -0.25) is 14.9 Å². The highest BCUT2D eigenvalue weighted by molar-refractivity contribution is 6.01. The van der Waals surface area contributed by atoms with Crippen LogP contribution in [-0.4, -0.2) is 38.8 Å². The van der Waals surface area contributed by atoms with Gasteiger partial charge < -0.3 is 10.4 Å². The highest BCUT2D eigenvalue weighted by atomic mass is 19.1. The van der Waals surface area contributed by atoms with Gasteiger partial charge in [0.15, 0.2) is 0 Å². The van der Waals surface area contributed by atoms with Gasteiger partial charge in [-0.1, -0.05) is 12.1 Å². The minimum Gasteiger partial charge on any atom is -0.394 e. The highest BCUT2D eigenvalue weighted by Crippen LogP contribution is 2.29. The largest absolute Gasteiger partial charge is 0.394 e. The third kappa shape index (κ3) is 4.70. The van der Waals surface area contributed by atoms with Crippen molar-refractivity contribution < 1.29 is 18.7 Å². The van der Waals surface area contributed by atoms with Crippen molar-refractivity contribution in [2.45, 2.75) is 12.5 Å². The van der Waals surface area contributed by atoms with Crippen LogP contribution in [0.5, 0.6) is 0 Å². The van der Waals surface area contributed by atoms with Crippen molar-refractivity contribution in [3.8, 4) is 22.5 Å². The lowest BCUT2D eigenvalue weighted by Crippen LogP contribution is -2.39. The normalized spacial score (nSPS) is 11.8. The molecule has 0 aliphatic heterocycles. The maximum absolute atomic E-state index is 14.8. The molecule has 4 aromatic rings.